The second-order valence-electron chi connectivity index (χ2n) is 7.08. The zero-order valence-electron chi connectivity index (χ0n) is 16.0. The zero-order valence-corrected chi connectivity index (χ0v) is 16.0. The Hall–Kier alpha value is -2.97. The first-order chi connectivity index (χ1) is 14.1. The number of fused-ring (bicyclic) bond motifs is 1. The quantitative estimate of drug-likeness (QED) is 0.661. The summed E-state index contributed by atoms with van der Waals surface area (Å²) in [5, 5.41) is 2.92. The van der Waals surface area contributed by atoms with Gasteiger partial charge < -0.3 is 15.0 Å². The molecule has 0 unspecified atom stereocenters. The predicted molar refractivity (Wildman–Crippen MR) is 108 cm³/mol. The number of morpholine rings is 1. The molecule has 4 rings (SSSR count). The van der Waals surface area contributed by atoms with Crippen molar-refractivity contribution in [3.63, 3.8) is 0 Å². The fraction of sp³-hybridized carbons (Fsp3) is 0.333. The van der Waals surface area contributed by atoms with Gasteiger partial charge >= 0.3 is 5.69 Å². The van der Waals surface area contributed by atoms with Gasteiger partial charge in [-0.2, -0.15) is 0 Å². The molecule has 1 saturated heterocycles. The van der Waals surface area contributed by atoms with Crippen LogP contribution < -0.4 is 11.0 Å². The zero-order chi connectivity index (χ0) is 20.2. The number of aromatic amines is 1. The molecule has 1 amide bonds. The Balaban J connectivity index is 1.44. The lowest BCUT2D eigenvalue weighted by Gasteiger charge is -2.26. The maximum absolute atomic E-state index is 13.1. The lowest BCUT2D eigenvalue weighted by atomic mass is 10.1. The SMILES string of the molecule is O=C(NCCN1CCOCC1)c1ccc2c(c1)[nH]c(=O)n2Cc1ccc(F)cc1. The second kappa shape index (κ2) is 8.59. The number of amides is 1. The molecule has 1 aliphatic heterocycles. The average molecular weight is 398 g/mol. The Bertz CT molecular complexity index is 1050. The monoisotopic (exact) mass is 398 g/mol. The van der Waals surface area contributed by atoms with E-state index in [1.807, 2.05) is 0 Å². The number of carbonyl (C=O) groups is 1. The van der Waals surface area contributed by atoms with Gasteiger partial charge in [-0.15, -0.1) is 0 Å². The molecule has 0 radical (unpaired) electrons. The number of hydrogen-bond donors (Lipinski definition) is 2. The third-order valence-corrected chi connectivity index (χ3v) is 5.11. The minimum Gasteiger partial charge on any atom is -0.379 e. The summed E-state index contributed by atoms with van der Waals surface area (Å²) in [6, 6.07) is 11.2. The van der Waals surface area contributed by atoms with Gasteiger partial charge in [0.2, 0.25) is 0 Å². The number of imidazole rings is 1. The average Bonchev–Trinajstić information content (AvgIpc) is 3.04. The van der Waals surface area contributed by atoms with Crippen LogP contribution in [0, 0.1) is 5.82 Å². The molecule has 29 heavy (non-hydrogen) atoms. The first kappa shape index (κ1) is 19.4. The highest BCUT2D eigenvalue weighted by Crippen LogP contribution is 2.15. The molecule has 0 bridgehead atoms. The topological polar surface area (TPSA) is 79.4 Å². The summed E-state index contributed by atoms with van der Waals surface area (Å²) in [6.45, 7) is 4.88. The molecule has 1 aromatic heterocycles. The third-order valence-electron chi connectivity index (χ3n) is 5.11. The van der Waals surface area contributed by atoms with Crippen LogP contribution in [0.1, 0.15) is 15.9 Å². The normalized spacial score (nSPS) is 14.9. The maximum Gasteiger partial charge on any atom is 0.326 e. The molecule has 0 spiro atoms. The van der Waals surface area contributed by atoms with Crippen LogP contribution in [0.25, 0.3) is 11.0 Å². The van der Waals surface area contributed by atoms with E-state index in [9.17, 15) is 14.0 Å². The van der Waals surface area contributed by atoms with Crippen molar-refractivity contribution in [2.75, 3.05) is 39.4 Å². The minimum absolute atomic E-state index is 0.174. The Morgan fingerprint density at radius 1 is 1.14 bits per heavy atom. The van der Waals surface area contributed by atoms with Gasteiger partial charge in [0, 0.05) is 31.7 Å². The van der Waals surface area contributed by atoms with E-state index in [2.05, 4.69) is 15.2 Å². The summed E-state index contributed by atoms with van der Waals surface area (Å²) in [6.07, 6.45) is 0. The maximum atomic E-state index is 13.1. The fourth-order valence-electron chi connectivity index (χ4n) is 3.49. The van der Waals surface area contributed by atoms with Crippen LogP contribution in [0.4, 0.5) is 4.39 Å². The van der Waals surface area contributed by atoms with Gasteiger partial charge in [0.25, 0.3) is 5.91 Å². The second-order valence-corrected chi connectivity index (χ2v) is 7.08. The number of ether oxygens (including phenoxy) is 1. The molecule has 152 valence electrons. The third kappa shape index (κ3) is 4.55. The summed E-state index contributed by atoms with van der Waals surface area (Å²) in [5.41, 5.74) is 2.34. The van der Waals surface area contributed by atoms with Gasteiger partial charge in [0.05, 0.1) is 30.8 Å². The summed E-state index contributed by atoms with van der Waals surface area (Å²) < 4.78 is 20.0. The van der Waals surface area contributed by atoms with Crippen LogP contribution in [0.15, 0.2) is 47.3 Å². The van der Waals surface area contributed by atoms with Gasteiger partial charge in [-0.1, -0.05) is 12.1 Å². The molecule has 2 N–H and O–H groups in total. The van der Waals surface area contributed by atoms with Crippen molar-refractivity contribution in [3.05, 3.63) is 69.9 Å². The lowest BCUT2D eigenvalue weighted by Crippen LogP contribution is -2.41. The summed E-state index contributed by atoms with van der Waals surface area (Å²) in [5.74, 6) is -0.489. The number of rotatable bonds is 6. The summed E-state index contributed by atoms with van der Waals surface area (Å²) in [4.78, 5) is 29.9. The summed E-state index contributed by atoms with van der Waals surface area (Å²) >= 11 is 0. The fourth-order valence-corrected chi connectivity index (χ4v) is 3.49. The van der Waals surface area contributed by atoms with E-state index in [1.165, 1.54) is 12.1 Å². The van der Waals surface area contributed by atoms with Crippen LogP contribution in [0.3, 0.4) is 0 Å². The first-order valence-corrected chi connectivity index (χ1v) is 9.65. The molecule has 8 heteroatoms. The van der Waals surface area contributed by atoms with Crippen molar-refractivity contribution in [2.45, 2.75) is 6.54 Å². The van der Waals surface area contributed by atoms with Gasteiger partial charge in [0.15, 0.2) is 0 Å². The highest BCUT2D eigenvalue weighted by molar-refractivity contribution is 5.97. The molecular formula is C21H23FN4O3. The van der Waals surface area contributed by atoms with Gasteiger partial charge in [-0.3, -0.25) is 14.3 Å². The van der Waals surface area contributed by atoms with Crippen LogP contribution in [-0.4, -0.2) is 59.8 Å². The van der Waals surface area contributed by atoms with E-state index in [1.54, 1.807) is 34.9 Å². The molecule has 7 nitrogen and oxygen atoms in total. The minimum atomic E-state index is -0.315. The van der Waals surface area contributed by atoms with Gasteiger partial charge in [-0.25, -0.2) is 9.18 Å². The Kier molecular flexibility index (Phi) is 5.73. The first-order valence-electron chi connectivity index (χ1n) is 9.65. The molecule has 2 heterocycles. The molecule has 3 aromatic rings. The molecule has 0 saturated carbocycles. The van der Waals surface area contributed by atoms with E-state index < -0.39 is 0 Å². The van der Waals surface area contributed by atoms with E-state index in [-0.39, 0.29) is 17.4 Å². The van der Waals surface area contributed by atoms with E-state index in [0.717, 1.165) is 38.4 Å². The number of nitrogens with zero attached hydrogens (tertiary/aromatic N) is 2. The standard InChI is InChI=1S/C21H23FN4O3/c22-17-4-1-15(2-5-17)14-26-19-6-3-16(13-18(19)24-21(26)28)20(27)23-7-8-25-9-11-29-12-10-25/h1-6,13H,7-12,14H2,(H,23,27)(H,24,28). The molecule has 1 fully saturated rings. The van der Waals surface area contributed by atoms with Crippen LogP contribution in [-0.2, 0) is 11.3 Å². The van der Waals surface area contributed by atoms with Crippen molar-refractivity contribution in [3.8, 4) is 0 Å². The highest BCUT2D eigenvalue weighted by atomic mass is 19.1. The molecule has 0 atom stereocenters. The predicted octanol–water partition coefficient (Wildman–Crippen LogP) is 1.58. The van der Waals surface area contributed by atoms with E-state index in [4.69, 9.17) is 4.74 Å². The molecule has 1 aliphatic rings. The lowest BCUT2D eigenvalue weighted by molar-refractivity contribution is 0.0383. The van der Waals surface area contributed by atoms with E-state index >= 15 is 0 Å². The van der Waals surface area contributed by atoms with Crippen LogP contribution >= 0.6 is 0 Å². The van der Waals surface area contributed by atoms with Gasteiger partial charge in [-0.05, 0) is 35.9 Å². The van der Waals surface area contributed by atoms with E-state index in [0.29, 0.717) is 29.7 Å². The number of benzene rings is 2. The highest BCUT2D eigenvalue weighted by Gasteiger charge is 2.13. The molecule has 0 aliphatic carbocycles. The Morgan fingerprint density at radius 2 is 1.90 bits per heavy atom. The van der Waals surface area contributed by atoms with Crippen molar-refractivity contribution in [2.24, 2.45) is 0 Å². The van der Waals surface area contributed by atoms with Crippen LogP contribution in [0.5, 0.6) is 0 Å². The van der Waals surface area contributed by atoms with Crippen LogP contribution in [0.2, 0.25) is 0 Å². The smallest absolute Gasteiger partial charge is 0.326 e. The Morgan fingerprint density at radius 3 is 2.66 bits per heavy atom. The largest absolute Gasteiger partial charge is 0.379 e. The number of nitrogens with one attached hydrogen (secondary N) is 2. The van der Waals surface area contributed by atoms with Crippen molar-refractivity contribution in [1.29, 1.82) is 0 Å². The molecule has 2 aromatic carbocycles. The number of aromatic nitrogens is 2. The van der Waals surface area contributed by atoms with Crippen molar-refractivity contribution in [1.82, 2.24) is 19.8 Å². The summed E-state index contributed by atoms with van der Waals surface area (Å²) in [7, 11) is 0. The number of halogens is 1. The Labute approximate surface area is 167 Å². The van der Waals surface area contributed by atoms with Crippen molar-refractivity contribution < 1.29 is 13.9 Å². The number of hydrogen-bond acceptors (Lipinski definition) is 4. The number of H-pyrrole nitrogens is 1. The number of carbonyl (C=O) groups excluding carboxylic acids is 1. The van der Waals surface area contributed by atoms with Gasteiger partial charge in [0.1, 0.15) is 5.82 Å². The molecular weight excluding hydrogens is 375 g/mol. The van der Waals surface area contributed by atoms with Crippen molar-refractivity contribution >= 4 is 16.9 Å².